The average Bonchev–Trinajstić information content (AvgIpc) is 3.19. The molecule has 0 radical (unpaired) electrons. The SMILES string of the molecule is CC1([C@H]2CC[C@H]3[C@@H]4CC[C@H]5OC(=O)CC[C@]5(C)[C@H]4CC[C@]23C)SCCS1. The summed E-state index contributed by atoms with van der Waals surface area (Å²) in [6.07, 6.45) is 9.96. The Morgan fingerprint density at radius 2 is 1.62 bits per heavy atom. The Hall–Kier alpha value is 0.170. The summed E-state index contributed by atoms with van der Waals surface area (Å²) >= 11 is 4.50. The molecule has 3 aliphatic carbocycles. The Bertz CT molecular complexity index is 601. The minimum Gasteiger partial charge on any atom is -0.462 e. The fraction of sp³-hybridized carbons (Fsp3) is 0.955. The van der Waals surface area contributed by atoms with E-state index in [0.29, 0.717) is 15.9 Å². The number of hydrogen-bond acceptors (Lipinski definition) is 4. The number of esters is 1. The lowest BCUT2D eigenvalue weighted by atomic mass is 9.47. The van der Waals surface area contributed by atoms with Crippen LogP contribution in [0.15, 0.2) is 0 Å². The molecule has 5 fully saturated rings. The van der Waals surface area contributed by atoms with Crippen LogP contribution in [0, 0.1) is 34.5 Å². The predicted molar refractivity (Wildman–Crippen MR) is 110 cm³/mol. The van der Waals surface area contributed by atoms with Gasteiger partial charge in [0, 0.05) is 23.3 Å². The Kier molecular flexibility index (Phi) is 4.26. The normalized spacial score (nSPS) is 52.7. The molecule has 5 aliphatic rings. The number of carbonyl (C=O) groups is 1. The van der Waals surface area contributed by atoms with Crippen molar-refractivity contribution in [2.24, 2.45) is 34.5 Å². The maximum atomic E-state index is 11.9. The van der Waals surface area contributed by atoms with Gasteiger partial charge in [-0.2, -0.15) is 0 Å². The smallest absolute Gasteiger partial charge is 0.306 e. The lowest BCUT2D eigenvalue weighted by Gasteiger charge is -2.60. The fourth-order valence-corrected chi connectivity index (χ4v) is 11.6. The zero-order valence-corrected chi connectivity index (χ0v) is 18.2. The van der Waals surface area contributed by atoms with Gasteiger partial charge in [0.1, 0.15) is 6.10 Å². The molecule has 0 bridgehead atoms. The van der Waals surface area contributed by atoms with E-state index in [9.17, 15) is 4.79 Å². The molecular formula is C22H34O2S2. The first-order valence-electron chi connectivity index (χ1n) is 10.8. The van der Waals surface area contributed by atoms with Crippen molar-refractivity contribution in [3.05, 3.63) is 0 Å². The second kappa shape index (κ2) is 6.08. The molecule has 2 saturated heterocycles. The molecule has 0 N–H and O–H groups in total. The monoisotopic (exact) mass is 394 g/mol. The van der Waals surface area contributed by atoms with E-state index in [1.54, 1.807) is 0 Å². The third-order valence-corrected chi connectivity index (χ3v) is 12.9. The number of rotatable bonds is 1. The highest BCUT2D eigenvalue weighted by atomic mass is 32.2. The topological polar surface area (TPSA) is 26.3 Å². The van der Waals surface area contributed by atoms with Crippen LogP contribution >= 0.6 is 23.5 Å². The molecule has 0 aromatic carbocycles. The number of carbonyl (C=O) groups excluding carboxylic acids is 1. The summed E-state index contributed by atoms with van der Waals surface area (Å²) in [5.74, 6) is 6.18. The van der Waals surface area contributed by atoms with E-state index in [2.05, 4.69) is 44.3 Å². The van der Waals surface area contributed by atoms with Crippen molar-refractivity contribution in [2.75, 3.05) is 11.5 Å². The second-order valence-corrected chi connectivity index (χ2v) is 13.7. The van der Waals surface area contributed by atoms with E-state index in [-0.39, 0.29) is 17.5 Å². The second-order valence-electron chi connectivity index (χ2n) is 10.3. The highest BCUT2D eigenvalue weighted by Crippen LogP contribution is 2.70. The molecule has 3 saturated carbocycles. The van der Waals surface area contributed by atoms with Gasteiger partial charge >= 0.3 is 5.97 Å². The van der Waals surface area contributed by atoms with Gasteiger partial charge < -0.3 is 4.74 Å². The van der Waals surface area contributed by atoms with Crippen LogP contribution in [0.2, 0.25) is 0 Å². The van der Waals surface area contributed by atoms with Gasteiger partial charge in [-0.1, -0.05) is 13.8 Å². The standard InChI is InChI=1S/C22H34O2S2/c1-20-10-8-16-14(4-7-18-21(16,2)11-9-19(23)24-18)15(20)5-6-17(20)22(3)25-12-13-26-22/h14-18H,4-13H2,1-3H3/t14-,15-,16-,17-,18+,20-,21+/m0/s1. The van der Waals surface area contributed by atoms with Crippen molar-refractivity contribution in [1.82, 2.24) is 0 Å². The predicted octanol–water partition coefficient (Wildman–Crippen LogP) is 5.75. The highest BCUT2D eigenvalue weighted by Gasteiger charge is 2.63. The molecule has 26 heavy (non-hydrogen) atoms. The van der Waals surface area contributed by atoms with Gasteiger partial charge in [0.15, 0.2) is 0 Å². The van der Waals surface area contributed by atoms with Crippen molar-refractivity contribution in [2.45, 2.75) is 82.3 Å². The number of hydrogen-bond donors (Lipinski definition) is 0. The molecule has 146 valence electrons. The van der Waals surface area contributed by atoms with Crippen LogP contribution in [0.5, 0.6) is 0 Å². The first-order chi connectivity index (χ1) is 12.4. The van der Waals surface area contributed by atoms with E-state index < -0.39 is 0 Å². The van der Waals surface area contributed by atoms with Gasteiger partial charge in [0.05, 0.1) is 4.08 Å². The molecule has 2 heterocycles. The van der Waals surface area contributed by atoms with Crippen molar-refractivity contribution >= 4 is 29.5 Å². The number of thioether (sulfide) groups is 2. The van der Waals surface area contributed by atoms with Crippen LogP contribution < -0.4 is 0 Å². The Balaban J connectivity index is 1.42. The lowest BCUT2D eigenvalue weighted by Crippen LogP contribution is -2.57. The number of fused-ring (bicyclic) bond motifs is 5. The molecule has 0 aromatic heterocycles. The van der Waals surface area contributed by atoms with Crippen molar-refractivity contribution in [1.29, 1.82) is 0 Å². The Labute approximate surface area is 167 Å². The average molecular weight is 395 g/mol. The summed E-state index contributed by atoms with van der Waals surface area (Å²) in [6.45, 7) is 7.67. The molecule has 0 amide bonds. The summed E-state index contributed by atoms with van der Waals surface area (Å²) in [4.78, 5) is 11.9. The van der Waals surface area contributed by atoms with Crippen LogP contribution in [0.1, 0.15) is 72.1 Å². The summed E-state index contributed by atoms with van der Waals surface area (Å²) in [7, 11) is 0. The molecule has 0 spiro atoms. The van der Waals surface area contributed by atoms with E-state index in [0.717, 1.165) is 36.5 Å². The zero-order valence-electron chi connectivity index (χ0n) is 16.6. The first-order valence-corrected chi connectivity index (χ1v) is 12.8. The maximum absolute atomic E-state index is 11.9. The largest absolute Gasteiger partial charge is 0.462 e. The summed E-state index contributed by atoms with van der Waals surface area (Å²) in [6, 6.07) is 0. The molecule has 0 aromatic rings. The molecular weight excluding hydrogens is 360 g/mol. The summed E-state index contributed by atoms with van der Waals surface area (Å²) in [5.41, 5.74) is 0.784. The van der Waals surface area contributed by atoms with Gasteiger partial charge in [0.2, 0.25) is 0 Å². The van der Waals surface area contributed by atoms with Crippen LogP contribution in [-0.4, -0.2) is 27.7 Å². The molecule has 0 unspecified atom stereocenters. The van der Waals surface area contributed by atoms with Gasteiger partial charge in [-0.15, -0.1) is 23.5 Å². The molecule has 4 heteroatoms. The van der Waals surface area contributed by atoms with Crippen molar-refractivity contribution in [3.8, 4) is 0 Å². The van der Waals surface area contributed by atoms with E-state index in [1.807, 2.05) is 0 Å². The zero-order chi connectivity index (χ0) is 18.2. The van der Waals surface area contributed by atoms with Gasteiger partial charge in [-0.05, 0) is 81.0 Å². The molecule has 5 rings (SSSR count). The summed E-state index contributed by atoms with van der Waals surface area (Å²) in [5, 5.41) is 0. The van der Waals surface area contributed by atoms with Crippen LogP contribution in [0.3, 0.4) is 0 Å². The highest BCUT2D eigenvalue weighted by molar-refractivity contribution is 8.21. The fourth-order valence-electron chi connectivity index (χ4n) is 8.14. The van der Waals surface area contributed by atoms with Crippen molar-refractivity contribution < 1.29 is 9.53 Å². The third-order valence-electron chi connectivity index (χ3n) is 9.42. The minimum absolute atomic E-state index is 0.0516. The Morgan fingerprint density at radius 3 is 2.38 bits per heavy atom. The number of ether oxygens (including phenoxy) is 1. The van der Waals surface area contributed by atoms with Gasteiger partial charge in [-0.25, -0.2) is 0 Å². The van der Waals surface area contributed by atoms with E-state index in [4.69, 9.17) is 4.74 Å². The first kappa shape index (κ1) is 18.2. The van der Waals surface area contributed by atoms with E-state index >= 15 is 0 Å². The van der Waals surface area contributed by atoms with Gasteiger partial charge in [0.25, 0.3) is 0 Å². The summed E-state index contributed by atoms with van der Waals surface area (Å²) < 4.78 is 6.31. The van der Waals surface area contributed by atoms with Crippen LogP contribution in [0.4, 0.5) is 0 Å². The van der Waals surface area contributed by atoms with Gasteiger partial charge in [-0.3, -0.25) is 4.79 Å². The quantitative estimate of drug-likeness (QED) is 0.529. The lowest BCUT2D eigenvalue weighted by molar-refractivity contribution is -0.191. The molecule has 2 aliphatic heterocycles. The third kappa shape index (κ3) is 2.42. The van der Waals surface area contributed by atoms with Crippen molar-refractivity contribution in [3.63, 3.8) is 0 Å². The van der Waals surface area contributed by atoms with E-state index in [1.165, 1.54) is 43.6 Å². The molecule has 7 atom stereocenters. The Morgan fingerprint density at radius 1 is 0.885 bits per heavy atom. The van der Waals surface area contributed by atoms with Crippen LogP contribution in [-0.2, 0) is 9.53 Å². The molecule has 2 nitrogen and oxygen atoms in total. The minimum atomic E-state index is 0.0516. The van der Waals surface area contributed by atoms with Crippen LogP contribution in [0.25, 0.3) is 0 Å². The maximum Gasteiger partial charge on any atom is 0.306 e.